The third-order valence-electron chi connectivity index (χ3n) is 4.83. The molecule has 7 nitrogen and oxygen atoms in total. The maximum absolute atomic E-state index is 12.7. The first-order chi connectivity index (χ1) is 12.1. The highest BCUT2D eigenvalue weighted by Crippen LogP contribution is 2.33. The molecule has 1 unspecified atom stereocenters. The molecule has 0 radical (unpaired) electrons. The Morgan fingerprint density at radius 3 is 2.76 bits per heavy atom. The Bertz CT molecular complexity index is 1070. The number of hydrogen-bond acceptors (Lipinski definition) is 5. The Morgan fingerprint density at radius 2 is 1.96 bits per heavy atom. The smallest absolute Gasteiger partial charge is 0.261 e. The molecule has 7 heteroatoms. The molecule has 1 aliphatic rings. The van der Waals surface area contributed by atoms with Gasteiger partial charge in [0.25, 0.3) is 11.1 Å². The van der Waals surface area contributed by atoms with Crippen LogP contribution >= 0.6 is 0 Å². The zero-order valence-corrected chi connectivity index (χ0v) is 14.2. The second-order valence-electron chi connectivity index (χ2n) is 6.40. The maximum Gasteiger partial charge on any atom is 0.261 e. The van der Waals surface area contributed by atoms with Gasteiger partial charge >= 0.3 is 0 Å². The maximum atomic E-state index is 12.7. The van der Waals surface area contributed by atoms with Crippen LogP contribution in [-0.4, -0.2) is 25.6 Å². The van der Waals surface area contributed by atoms with Crippen LogP contribution in [0.4, 0.5) is 5.82 Å². The molecule has 0 N–H and O–H groups in total. The number of anilines is 1. The van der Waals surface area contributed by atoms with Crippen molar-refractivity contribution in [3.8, 4) is 0 Å². The molecule has 3 aromatic rings. The van der Waals surface area contributed by atoms with Crippen molar-refractivity contribution in [2.75, 3.05) is 11.4 Å². The molecule has 0 bridgehead atoms. The number of para-hydroxylation sites is 1. The predicted octanol–water partition coefficient (Wildman–Crippen LogP) is 1.37. The lowest BCUT2D eigenvalue weighted by Gasteiger charge is -2.26. The van der Waals surface area contributed by atoms with E-state index < -0.39 is 0 Å². The van der Waals surface area contributed by atoms with Gasteiger partial charge in [-0.2, -0.15) is 0 Å². The monoisotopic (exact) mass is 337 g/mol. The third kappa shape index (κ3) is 2.52. The summed E-state index contributed by atoms with van der Waals surface area (Å²) in [6.07, 6.45) is 3.36. The van der Waals surface area contributed by atoms with E-state index in [1.54, 1.807) is 24.7 Å². The van der Waals surface area contributed by atoms with Crippen molar-refractivity contribution >= 4 is 16.7 Å². The van der Waals surface area contributed by atoms with E-state index in [1.807, 2.05) is 18.2 Å². The number of aryl methyl sites for hydroxylation is 1. The first-order valence-electron chi connectivity index (χ1n) is 8.31. The zero-order valence-electron chi connectivity index (χ0n) is 14.2. The Morgan fingerprint density at radius 1 is 1.16 bits per heavy atom. The molecule has 1 saturated heterocycles. The van der Waals surface area contributed by atoms with Crippen LogP contribution in [0.3, 0.4) is 0 Å². The zero-order chi connectivity index (χ0) is 17.6. The second kappa shape index (κ2) is 5.84. The quantitative estimate of drug-likeness (QED) is 0.706. The molecule has 4 rings (SSSR count). The van der Waals surface area contributed by atoms with Gasteiger partial charge in [0.1, 0.15) is 11.6 Å². The highest BCUT2D eigenvalue weighted by atomic mass is 16.1. The van der Waals surface area contributed by atoms with E-state index in [4.69, 9.17) is 4.98 Å². The standard InChI is InChI=1S/C18H19N5O2/c1-21-11-19-15(10-16(21)24)23-9-5-8-14(23)17-20-13-7-4-3-6-12(13)18(25)22(17)2/h3-4,6-7,10-11,14H,5,8-9H2,1-2H3. The Kier molecular flexibility index (Phi) is 3.63. The van der Waals surface area contributed by atoms with Crippen molar-refractivity contribution in [1.82, 2.24) is 19.1 Å². The molecule has 1 atom stereocenters. The van der Waals surface area contributed by atoms with Crippen molar-refractivity contribution in [1.29, 1.82) is 0 Å². The van der Waals surface area contributed by atoms with Gasteiger partial charge in [-0.15, -0.1) is 0 Å². The lowest BCUT2D eigenvalue weighted by Crippen LogP contribution is -2.32. The van der Waals surface area contributed by atoms with Gasteiger partial charge < -0.3 is 9.47 Å². The topological polar surface area (TPSA) is 73.0 Å². The highest BCUT2D eigenvalue weighted by molar-refractivity contribution is 5.77. The van der Waals surface area contributed by atoms with Crippen LogP contribution in [0.1, 0.15) is 24.7 Å². The lowest BCUT2D eigenvalue weighted by molar-refractivity contribution is 0.605. The average Bonchev–Trinajstić information content (AvgIpc) is 3.10. The molecule has 0 spiro atoms. The number of fused-ring (bicyclic) bond motifs is 1. The molecule has 0 aliphatic carbocycles. The van der Waals surface area contributed by atoms with Crippen LogP contribution in [0.25, 0.3) is 10.9 Å². The molecule has 1 fully saturated rings. The van der Waals surface area contributed by atoms with Crippen LogP contribution in [0, 0.1) is 0 Å². The van der Waals surface area contributed by atoms with E-state index in [1.165, 1.54) is 17.0 Å². The minimum absolute atomic E-state index is 0.0515. The Balaban J connectivity index is 1.84. The fourth-order valence-electron chi connectivity index (χ4n) is 3.45. The van der Waals surface area contributed by atoms with E-state index in [0.29, 0.717) is 22.5 Å². The summed E-state index contributed by atoms with van der Waals surface area (Å²) in [7, 11) is 3.43. The lowest BCUT2D eigenvalue weighted by atomic mass is 10.1. The minimum atomic E-state index is -0.101. The summed E-state index contributed by atoms with van der Waals surface area (Å²) in [5, 5.41) is 0.616. The fraction of sp³-hybridized carbons (Fsp3) is 0.333. The summed E-state index contributed by atoms with van der Waals surface area (Å²) in [4.78, 5) is 35.8. The van der Waals surface area contributed by atoms with Crippen LogP contribution in [0.5, 0.6) is 0 Å². The van der Waals surface area contributed by atoms with Crippen LogP contribution in [-0.2, 0) is 14.1 Å². The van der Waals surface area contributed by atoms with E-state index in [-0.39, 0.29) is 17.2 Å². The molecule has 25 heavy (non-hydrogen) atoms. The molecular weight excluding hydrogens is 318 g/mol. The molecule has 0 saturated carbocycles. The summed E-state index contributed by atoms with van der Waals surface area (Å²) in [6.45, 7) is 0.785. The first-order valence-corrected chi connectivity index (χ1v) is 8.31. The van der Waals surface area contributed by atoms with Gasteiger partial charge in [-0.3, -0.25) is 14.2 Å². The van der Waals surface area contributed by atoms with Gasteiger partial charge in [-0.25, -0.2) is 9.97 Å². The van der Waals surface area contributed by atoms with Crippen LogP contribution in [0.2, 0.25) is 0 Å². The van der Waals surface area contributed by atoms with Gasteiger partial charge in [-0.1, -0.05) is 12.1 Å². The van der Waals surface area contributed by atoms with Crippen LogP contribution < -0.4 is 16.0 Å². The molecular formula is C18H19N5O2. The van der Waals surface area contributed by atoms with E-state index in [2.05, 4.69) is 9.88 Å². The van der Waals surface area contributed by atoms with Gasteiger partial charge in [-0.05, 0) is 25.0 Å². The van der Waals surface area contributed by atoms with Crippen LogP contribution in [0.15, 0.2) is 46.2 Å². The number of aromatic nitrogens is 4. The summed E-state index contributed by atoms with van der Waals surface area (Å²) in [6, 6.07) is 8.85. The molecule has 3 heterocycles. The number of benzene rings is 1. The van der Waals surface area contributed by atoms with Crippen molar-refractivity contribution in [3.63, 3.8) is 0 Å². The van der Waals surface area contributed by atoms with Crippen molar-refractivity contribution in [2.24, 2.45) is 14.1 Å². The summed E-state index contributed by atoms with van der Waals surface area (Å²) in [5.74, 6) is 1.34. The van der Waals surface area contributed by atoms with Gasteiger partial charge in [0.05, 0.1) is 23.3 Å². The molecule has 1 aromatic carbocycles. The largest absolute Gasteiger partial charge is 0.346 e. The van der Waals surface area contributed by atoms with E-state index in [9.17, 15) is 9.59 Å². The number of rotatable bonds is 2. The fourth-order valence-corrected chi connectivity index (χ4v) is 3.45. The molecule has 0 amide bonds. The third-order valence-corrected chi connectivity index (χ3v) is 4.83. The Labute approximate surface area is 144 Å². The van der Waals surface area contributed by atoms with Crippen molar-refractivity contribution in [3.05, 3.63) is 63.2 Å². The first kappa shape index (κ1) is 15.6. The predicted molar refractivity (Wildman–Crippen MR) is 95.8 cm³/mol. The second-order valence-corrected chi connectivity index (χ2v) is 6.40. The van der Waals surface area contributed by atoms with Crippen molar-refractivity contribution in [2.45, 2.75) is 18.9 Å². The van der Waals surface area contributed by atoms with Gasteiger partial charge in [0, 0.05) is 26.7 Å². The van der Waals surface area contributed by atoms with E-state index in [0.717, 1.165) is 19.4 Å². The molecule has 1 aliphatic heterocycles. The number of hydrogen-bond donors (Lipinski definition) is 0. The Hall–Kier alpha value is -2.96. The molecule has 128 valence electrons. The number of nitrogens with zero attached hydrogens (tertiary/aromatic N) is 5. The average molecular weight is 337 g/mol. The van der Waals surface area contributed by atoms with Gasteiger partial charge in [0.2, 0.25) is 0 Å². The molecule has 2 aromatic heterocycles. The summed E-state index contributed by atoms with van der Waals surface area (Å²) in [5.41, 5.74) is 0.546. The normalized spacial score (nSPS) is 17.4. The highest BCUT2D eigenvalue weighted by Gasteiger charge is 2.31. The van der Waals surface area contributed by atoms with E-state index >= 15 is 0 Å². The summed E-state index contributed by atoms with van der Waals surface area (Å²) < 4.78 is 3.06. The summed E-state index contributed by atoms with van der Waals surface area (Å²) >= 11 is 0. The minimum Gasteiger partial charge on any atom is -0.346 e. The van der Waals surface area contributed by atoms with Crippen molar-refractivity contribution < 1.29 is 0 Å². The SMILES string of the molecule is Cn1cnc(N2CCCC2c2nc3ccccc3c(=O)n2C)cc1=O. The van der Waals surface area contributed by atoms with Gasteiger partial charge in [0.15, 0.2) is 0 Å².